The summed E-state index contributed by atoms with van der Waals surface area (Å²) >= 11 is 5.61. The Bertz CT molecular complexity index is 1490. The number of thiocarbonyl (C=S) groups is 1. The minimum Gasteiger partial charge on any atom is -0.378 e. The fourth-order valence-electron chi connectivity index (χ4n) is 6.15. The molecule has 1 aliphatic heterocycles. The second kappa shape index (κ2) is 13.5. The van der Waals surface area contributed by atoms with Crippen molar-refractivity contribution < 1.29 is 22.8 Å². The zero-order chi connectivity index (χ0) is 32.2. The van der Waals surface area contributed by atoms with Crippen LogP contribution in [0.4, 0.5) is 24.5 Å². The Balaban J connectivity index is 1.44. The van der Waals surface area contributed by atoms with Gasteiger partial charge < -0.3 is 25.3 Å². The molecule has 0 radical (unpaired) electrons. The van der Waals surface area contributed by atoms with Crippen LogP contribution < -0.4 is 15.5 Å². The molecule has 3 aromatic rings. The monoisotopic (exact) mass is 637 g/mol. The Morgan fingerprint density at radius 1 is 0.956 bits per heavy atom. The van der Waals surface area contributed by atoms with E-state index in [1.54, 1.807) is 9.80 Å². The van der Waals surface area contributed by atoms with Crippen LogP contribution in [0.1, 0.15) is 54.8 Å². The first-order valence-electron chi connectivity index (χ1n) is 15.1. The van der Waals surface area contributed by atoms with Crippen molar-refractivity contribution in [2.24, 2.45) is 0 Å². The highest BCUT2D eigenvalue weighted by atomic mass is 32.1. The standard InChI is InChI=1S/C34H38F3N5O2S/c1-40(2)28-17-15-27(16-18-28)38-31(44)33(19-7-4-8-20-33)42(21-24-11-13-26(14-12-24)34(35,36)37)30(43)23-41-22-29(39-32(41)45)25-9-5-3-6-10-25/h3,5-6,9-18,29H,4,7-8,19-23H2,1-2H3,(H,38,44)(H,39,45)/t29-/m1/s1. The predicted octanol–water partition coefficient (Wildman–Crippen LogP) is 6.37. The molecule has 3 aromatic carbocycles. The summed E-state index contributed by atoms with van der Waals surface area (Å²) < 4.78 is 40.0. The molecule has 11 heteroatoms. The first-order valence-corrected chi connectivity index (χ1v) is 15.5. The molecular weight excluding hydrogens is 599 g/mol. The van der Waals surface area contributed by atoms with E-state index in [1.165, 1.54) is 12.1 Å². The quantitative estimate of drug-likeness (QED) is 0.266. The van der Waals surface area contributed by atoms with Gasteiger partial charge in [-0.05, 0) is 72.6 Å². The maximum absolute atomic E-state index is 14.3. The maximum atomic E-state index is 14.3. The number of rotatable bonds is 9. The van der Waals surface area contributed by atoms with Crippen LogP contribution >= 0.6 is 12.2 Å². The lowest BCUT2D eigenvalue weighted by Crippen LogP contribution is -2.61. The van der Waals surface area contributed by atoms with Crippen molar-refractivity contribution in [2.45, 2.75) is 56.4 Å². The summed E-state index contributed by atoms with van der Waals surface area (Å²) in [4.78, 5) is 33.9. The van der Waals surface area contributed by atoms with Gasteiger partial charge in [0.15, 0.2) is 5.11 Å². The van der Waals surface area contributed by atoms with E-state index in [0.29, 0.717) is 35.7 Å². The SMILES string of the molecule is CN(C)c1ccc(NC(=O)C2(N(Cc3ccc(C(F)(F)F)cc3)C(=O)CN3C[C@H](c4ccccc4)NC3=S)CCCCC2)cc1. The molecule has 7 nitrogen and oxygen atoms in total. The van der Waals surface area contributed by atoms with Crippen molar-refractivity contribution in [1.29, 1.82) is 0 Å². The molecule has 238 valence electrons. The van der Waals surface area contributed by atoms with Gasteiger partial charge in [-0.25, -0.2) is 0 Å². The van der Waals surface area contributed by atoms with E-state index in [9.17, 15) is 22.8 Å². The van der Waals surface area contributed by atoms with E-state index >= 15 is 0 Å². The van der Waals surface area contributed by atoms with Gasteiger partial charge in [0.1, 0.15) is 5.54 Å². The minimum absolute atomic E-state index is 0.0138. The first kappa shape index (κ1) is 32.3. The van der Waals surface area contributed by atoms with Gasteiger partial charge in [-0.15, -0.1) is 0 Å². The zero-order valence-electron chi connectivity index (χ0n) is 25.4. The summed E-state index contributed by atoms with van der Waals surface area (Å²) in [5.41, 5.74) is 1.17. The summed E-state index contributed by atoms with van der Waals surface area (Å²) in [6.07, 6.45) is -1.19. The number of nitrogens with zero attached hydrogens (tertiary/aromatic N) is 3. The van der Waals surface area contributed by atoms with E-state index in [1.807, 2.05) is 73.6 Å². The lowest BCUT2D eigenvalue weighted by Gasteiger charge is -2.45. The normalized spacial score (nSPS) is 17.8. The van der Waals surface area contributed by atoms with Gasteiger partial charge in [-0.2, -0.15) is 13.2 Å². The molecule has 0 bridgehead atoms. The second-order valence-electron chi connectivity index (χ2n) is 12.0. The number of anilines is 2. The molecule has 1 heterocycles. The molecule has 5 rings (SSSR count). The third kappa shape index (κ3) is 7.41. The smallest absolute Gasteiger partial charge is 0.378 e. The predicted molar refractivity (Wildman–Crippen MR) is 174 cm³/mol. The number of halogens is 3. The van der Waals surface area contributed by atoms with Crippen molar-refractivity contribution in [3.63, 3.8) is 0 Å². The van der Waals surface area contributed by atoms with Crippen LogP contribution in [-0.2, 0) is 22.3 Å². The molecule has 0 unspecified atom stereocenters. The molecule has 0 spiro atoms. The fourth-order valence-corrected chi connectivity index (χ4v) is 6.44. The van der Waals surface area contributed by atoms with Crippen LogP contribution in [0, 0.1) is 0 Å². The summed E-state index contributed by atoms with van der Waals surface area (Å²) in [5, 5.41) is 6.78. The van der Waals surface area contributed by atoms with Crippen LogP contribution in [-0.4, -0.2) is 59.5 Å². The number of nitrogens with one attached hydrogen (secondary N) is 2. The van der Waals surface area contributed by atoms with E-state index < -0.39 is 17.3 Å². The third-order valence-corrected chi connectivity index (χ3v) is 9.08. The van der Waals surface area contributed by atoms with Crippen molar-refractivity contribution in [1.82, 2.24) is 15.1 Å². The number of hydrogen-bond acceptors (Lipinski definition) is 4. The van der Waals surface area contributed by atoms with Gasteiger partial charge in [-0.3, -0.25) is 9.59 Å². The van der Waals surface area contributed by atoms with Crippen LogP contribution in [0.25, 0.3) is 0 Å². The number of hydrogen-bond donors (Lipinski definition) is 2. The van der Waals surface area contributed by atoms with E-state index in [0.717, 1.165) is 42.6 Å². The molecule has 0 aromatic heterocycles. The van der Waals surface area contributed by atoms with Crippen molar-refractivity contribution in [3.8, 4) is 0 Å². The summed E-state index contributed by atoms with van der Waals surface area (Å²) in [7, 11) is 3.86. The molecule has 1 saturated carbocycles. The van der Waals surface area contributed by atoms with E-state index in [2.05, 4.69) is 10.6 Å². The van der Waals surface area contributed by atoms with Crippen LogP contribution in [0.5, 0.6) is 0 Å². The number of carbonyl (C=O) groups is 2. The molecule has 45 heavy (non-hydrogen) atoms. The number of amides is 2. The molecule has 1 aliphatic carbocycles. The Labute approximate surface area is 267 Å². The van der Waals surface area contributed by atoms with Gasteiger partial charge in [0.25, 0.3) is 0 Å². The highest BCUT2D eigenvalue weighted by molar-refractivity contribution is 7.80. The molecular formula is C34H38F3N5O2S. The van der Waals surface area contributed by atoms with Crippen LogP contribution in [0.2, 0.25) is 0 Å². The topological polar surface area (TPSA) is 67.9 Å². The van der Waals surface area contributed by atoms with Gasteiger partial charge in [0.05, 0.1) is 18.2 Å². The van der Waals surface area contributed by atoms with Gasteiger partial charge in [-0.1, -0.05) is 61.7 Å². The Morgan fingerprint density at radius 3 is 2.20 bits per heavy atom. The molecule has 2 amide bonds. The molecule has 2 fully saturated rings. The second-order valence-corrected chi connectivity index (χ2v) is 12.3. The van der Waals surface area contributed by atoms with Gasteiger partial charge in [0.2, 0.25) is 11.8 Å². The first-order chi connectivity index (χ1) is 21.5. The summed E-state index contributed by atoms with van der Waals surface area (Å²) in [5.74, 6) is -0.614. The fraction of sp³-hybridized carbons (Fsp3) is 0.382. The number of benzene rings is 3. The van der Waals surface area contributed by atoms with Crippen LogP contribution in [0.3, 0.4) is 0 Å². The van der Waals surface area contributed by atoms with Crippen molar-refractivity contribution in [2.75, 3.05) is 37.4 Å². The minimum atomic E-state index is -4.48. The van der Waals surface area contributed by atoms with Crippen molar-refractivity contribution in [3.05, 3.63) is 95.6 Å². The van der Waals surface area contributed by atoms with Gasteiger partial charge in [0, 0.05) is 38.6 Å². The van der Waals surface area contributed by atoms with Crippen molar-refractivity contribution >= 4 is 40.5 Å². The number of alkyl halides is 3. The van der Waals surface area contributed by atoms with E-state index in [4.69, 9.17) is 12.2 Å². The highest BCUT2D eigenvalue weighted by Crippen LogP contribution is 2.37. The largest absolute Gasteiger partial charge is 0.416 e. The lowest BCUT2D eigenvalue weighted by atomic mass is 9.78. The highest BCUT2D eigenvalue weighted by Gasteiger charge is 2.47. The Kier molecular flexibility index (Phi) is 9.67. The average molecular weight is 638 g/mol. The molecule has 1 saturated heterocycles. The number of carbonyl (C=O) groups excluding carboxylic acids is 2. The maximum Gasteiger partial charge on any atom is 0.416 e. The Hall–Kier alpha value is -4.12. The molecule has 2 aliphatic rings. The lowest BCUT2D eigenvalue weighted by molar-refractivity contribution is -0.149. The average Bonchev–Trinajstić information content (AvgIpc) is 3.40. The third-order valence-electron chi connectivity index (χ3n) is 8.70. The molecule has 2 N–H and O–H groups in total. The zero-order valence-corrected chi connectivity index (χ0v) is 26.3. The van der Waals surface area contributed by atoms with Gasteiger partial charge >= 0.3 is 6.18 Å². The summed E-state index contributed by atoms with van der Waals surface area (Å²) in [6, 6.07) is 22.0. The van der Waals surface area contributed by atoms with Crippen LogP contribution in [0.15, 0.2) is 78.9 Å². The Morgan fingerprint density at radius 2 is 1.60 bits per heavy atom. The van der Waals surface area contributed by atoms with E-state index in [-0.39, 0.29) is 30.9 Å². The summed E-state index contributed by atoms with van der Waals surface area (Å²) in [6.45, 7) is 0.391. The molecule has 1 atom stereocenters.